The zero-order valence-corrected chi connectivity index (χ0v) is 10.8. The molecule has 0 N–H and O–H groups in total. The fourth-order valence-corrected chi connectivity index (χ4v) is 2.90. The van der Waals surface area contributed by atoms with Crippen LogP contribution in [0, 0.1) is 0 Å². The number of rotatable bonds is 4. The maximum atomic E-state index is 3.89. The molecule has 0 amide bonds. The van der Waals surface area contributed by atoms with E-state index in [4.69, 9.17) is 0 Å². The van der Waals surface area contributed by atoms with Gasteiger partial charge >= 0.3 is 0 Å². The van der Waals surface area contributed by atoms with Crippen molar-refractivity contribution in [2.24, 2.45) is 0 Å². The van der Waals surface area contributed by atoms with Crippen LogP contribution in [0.25, 0.3) is 6.08 Å². The van der Waals surface area contributed by atoms with Crippen LogP contribution in [0.5, 0.6) is 0 Å². The predicted molar refractivity (Wildman–Crippen MR) is 78.3 cm³/mol. The molecule has 0 spiro atoms. The summed E-state index contributed by atoms with van der Waals surface area (Å²) in [6.07, 6.45) is 4.08. The molecule has 0 aliphatic heterocycles. The van der Waals surface area contributed by atoms with E-state index in [1.807, 2.05) is 17.8 Å². The maximum Gasteiger partial charge on any atom is 0.0549 e. The van der Waals surface area contributed by atoms with Crippen molar-refractivity contribution < 1.29 is 0 Å². The van der Waals surface area contributed by atoms with E-state index < -0.39 is 0 Å². The summed E-state index contributed by atoms with van der Waals surface area (Å²) in [7, 11) is 0. The third kappa shape index (κ3) is 2.62. The molecule has 17 heavy (non-hydrogen) atoms. The summed E-state index contributed by atoms with van der Waals surface area (Å²) < 4.78 is 0. The molecule has 0 aliphatic rings. The molecule has 2 aromatic rings. The molecule has 2 rings (SSSR count). The van der Waals surface area contributed by atoms with E-state index in [1.165, 1.54) is 16.7 Å². The van der Waals surface area contributed by atoms with Crippen LogP contribution in [0.15, 0.2) is 61.2 Å². The lowest BCUT2D eigenvalue weighted by Gasteiger charge is -2.17. The van der Waals surface area contributed by atoms with E-state index in [9.17, 15) is 0 Å². The van der Waals surface area contributed by atoms with Gasteiger partial charge in [-0.05, 0) is 22.9 Å². The van der Waals surface area contributed by atoms with Crippen molar-refractivity contribution >= 4 is 17.8 Å². The molecule has 0 saturated carbocycles. The highest BCUT2D eigenvalue weighted by Gasteiger charge is 2.14. The molecule has 0 aromatic heterocycles. The van der Waals surface area contributed by atoms with Crippen LogP contribution in [-0.2, 0) is 0 Å². The number of hydrogen-bond donors (Lipinski definition) is 0. The third-order valence-electron chi connectivity index (χ3n) is 2.84. The Kier molecular flexibility index (Phi) is 4.05. The molecule has 0 nitrogen and oxygen atoms in total. The van der Waals surface area contributed by atoms with Gasteiger partial charge in [0.2, 0.25) is 0 Å². The van der Waals surface area contributed by atoms with Crippen LogP contribution in [0.2, 0.25) is 0 Å². The number of thioether (sulfide) groups is 1. The Morgan fingerprint density at radius 2 is 1.65 bits per heavy atom. The predicted octanol–water partition coefficient (Wildman–Crippen LogP) is 4.78. The monoisotopic (exact) mass is 240 g/mol. The summed E-state index contributed by atoms with van der Waals surface area (Å²) in [6, 6.07) is 19.1. The van der Waals surface area contributed by atoms with Crippen LogP contribution in [0.3, 0.4) is 0 Å². The summed E-state index contributed by atoms with van der Waals surface area (Å²) in [5, 5.41) is 0.380. The van der Waals surface area contributed by atoms with E-state index >= 15 is 0 Å². The minimum absolute atomic E-state index is 0.380. The van der Waals surface area contributed by atoms with Crippen molar-refractivity contribution in [2.45, 2.75) is 5.25 Å². The maximum absolute atomic E-state index is 3.89. The minimum Gasteiger partial charge on any atom is -0.152 e. The molecule has 2 aromatic carbocycles. The largest absolute Gasteiger partial charge is 0.152 e. The zero-order valence-electron chi connectivity index (χ0n) is 9.97. The minimum atomic E-state index is 0.380. The van der Waals surface area contributed by atoms with Gasteiger partial charge < -0.3 is 0 Å². The van der Waals surface area contributed by atoms with Gasteiger partial charge in [0.15, 0.2) is 0 Å². The Labute approximate surface area is 107 Å². The van der Waals surface area contributed by atoms with Crippen molar-refractivity contribution in [1.82, 2.24) is 0 Å². The van der Waals surface area contributed by atoms with Crippen LogP contribution in [0.4, 0.5) is 0 Å². The Balaban J connectivity index is 2.46. The summed E-state index contributed by atoms with van der Waals surface area (Å²) >= 11 is 1.86. The Hall–Kier alpha value is -1.47. The third-order valence-corrected chi connectivity index (χ3v) is 3.83. The van der Waals surface area contributed by atoms with Crippen molar-refractivity contribution in [3.63, 3.8) is 0 Å². The lowest BCUT2D eigenvalue weighted by molar-refractivity contribution is 1.15. The summed E-state index contributed by atoms with van der Waals surface area (Å²) in [4.78, 5) is 0. The van der Waals surface area contributed by atoms with Crippen molar-refractivity contribution in [3.8, 4) is 0 Å². The first-order valence-corrected chi connectivity index (χ1v) is 6.94. The summed E-state index contributed by atoms with van der Waals surface area (Å²) in [5.41, 5.74) is 3.89. The molecular weight excluding hydrogens is 224 g/mol. The molecule has 0 aliphatic carbocycles. The van der Waals surface area contributed by atoms with Gasteiger partial charge in [-0.15, -0.1) is 0 Å². The average Bonchev–Trinajstić information content (AvgIpc) is 2.41. The van der Waals surface area contributed by atoms with Gasteiger partial charge in [-0.3, -0.25) is 0 Å². The second-order valence-electron chi connectivity index (χ2n) is 3.86. The SMILES string of the molecule is C=Cc1ccccc1C(SC)c1ccccc1. The molecule has 0 bridgehead atoms. The molecule has 0 radical (unpaired) electrons. The van der Waals surface area contributed by atoms with Crippen molar-refractivity contribution in [1.29, 1.82) is 0 Å². The fourth-order valence-electron chi connectivity index (χ4n) is 2.01. The van der Waals surface area contributed by atoms with Crippen LogP contribution >= 0.6 is 11.8 Å². The zero-order chi connectivity index (χ0) is 12.1. The number of benzene rings is 2. The van der Waals surface area contributed by atoms with E-state index in [1.54, 1.807) is 0 Å². The van der Waals surface area contributed by atoms with E-state index in [0.29, 0.717) is 5.25 Å². The van der Waals surface area contributed by atoms with E-state index in [2.05, 4.69) is 67.4 Å². The van der Waals surface area contributed by atoms with E-state index in [-0.39, 0.29) is 0 Å². The molecule has 0 heterocycles. The van der Waals surface area contributed by atoms with Gasteiger partial charge in [0.1, 0.15) is 0 Å². The standard InChI is InChI=1S/C16H16S/c1-3-13-9-7-8-12-15(13)16(17-2)14-10-5-4-6-11-14/h3-12,16H,1H2,2H3. The second-order valence-corrected chi connectivity index (χ2v) is 4.80. The van der Waals surface area contributed by atoms with Gasteiger partial charge in [0.05, 0.1) is 5.25 Å². The first-order valence-electron chi connectivity index (χ1n) is 5.66. The topological polar surface area (TPSA) is 0 Å². The fraction of sp³-hybridized carbons (Fsp3) is 0.125. The van der Waals surface area contributed by atoms with Crippen LogP contribution in [0.1, 0.15) is 21.9 Å². The van der Waals surface area contributed by atoms with Gasteiger partial charge in [-0.1, -0.05) is 67.3 Å². The lowest BCUT2D eigenvalue weighted by Crippen LogP contribution is -1.98. The Morgan fingerprint density at radius 1 is 1.00 bits per heavy atom. The number of hydrogen-bond acceptors (Lipinski definition) is 1. The highest BCUT2D eigenvalue weighted by Crippen LogP contribution is 2.35. The Bertz CT molecular complexity index is 488. The first kappa shape index (κ1) is 12.0. The molecule has 1 heteroatoms. The molecule has 1 atom stereocenters. The summed E-state index contributed by atoms with van der Waals surface area (Å²) in [5.74, 6) is 0. The van der Waals surface area contributed by atoms with Gasteiger partial charge in [-0.2, -0.15) is 11.8 Å². The van der Waals surface area contributed by atoms with E-state index in [0.717, 1.165) is 0 Å². The van der Waals surface area contributed by atoms with Gasteiger partial charge in [0, 0.05) is 0 Å². The molecule has 86 valence electrons. The van der Waals surface area contributed by atoms with Crippen molar-refractivity contribution in [2.75, 3.05) is 6.26 Å². The summed E-state index contributed by atoms with van der Waals surface area (Å²) in [6.45, 7) is 3.89. The van der Waals surface area contributed by atoms with Gasteiger partial charge in [0.25, 0.3) is 0 Å². The molecule has 0 saturated heterocycles. The highest BCUT2D eigenvalue weighted by atomic mass is 32.2. The lowest BCUT2D eigenvalue weighted by atomic mass is 9.99. The van der Waals surface area contributed by atoms with Crippen molar-refractivity contribution in [3.05, 3.63) is 77.9 Å². The average molecular weight is 240 g/mol. The molecule has 1 unspecified atom stereocenters. The highest BCUT2D eigenvalue weighted by molar-refractivity contribution is 7.99. The molecular formula is C16H16S. The normalized spacial score (nSPS) is 12.1. The van der Waals surface area contributed by atoms with Crippen LogP contribution < -0.4 is 0 Å². The second kappa shape index (κ2) is 5.74. The van der Waals surface area contributed by atoms with Crippen LogP contribution in [-0.4, -0.2) is 6.26 Å². The first-order chi connectivity index (χ1) is 8.36. The quantitative estimate of drug-likeness (QED) is 0.741. The van der Waals surface area contributed by atoms with Gasteiger partial charge in [-0.25, -0.2) is 0 Å². The molecule has 0 fully saturated rings. The Morgan fingerprint density at radius 3 is 2.29 bits per heavy atom. The smallest absolute Gasteiger partial charge is 0.0549 e.